The first-order valence-corrected chi connectivity index (χ1v) is 11.4. The van der Waals surface area contributed by atoms with E-state index >= 15 is 0 Å². The number of carbonyl (C=O) groups is 1. The van der Waals surface area contributed by atoms with Crippen LogP contribution in [-0.2, 0) is 11.2 Å². The minimum absolute atomic E-state index is 0.182. The zero-order valence-corrected chi connectivity index (χ0v) is 19.7. The molecule has 0 aromatic heterocycles. The van der Waals surface area contributed by atoms with Gasteiger partial charge >= 0.3 is 0 Å². The lowest BCUT2D eigenvalue weighted by molar-refractivity contribution is -0.123. The van der Waals surface area contributed by atoms with E-state index in [-0.39, 0.29) is 17.7 Å². The van der Waals surface area contributed by atoms with E-state index in [0.29, 0.717) is 23.7 Å². The molecule has 178 valence electrons. The third-order valence-corrected chi connectivity index (χ3v) is 6.20. The van der Waals surface area contributed by atoms with Crippen molar-refractivity contribution in [2.75, 3.05) is 19.0 Å². The number of methoxy groups -OCH3 is 1. The summed E-state index contributed by atoms with van der Waals surface area (Å²) in [7, 11) is 1.61. The number of hydrogen-bond donors (Lipinski definition) is 4. The second kappa shape index (κ2) is 10.1. The van der Waals surface area contributed by atoms with Gasteiger partial charge in [0.25, 0.3) is 0 Å². The zero-order valence-electron chi connectivity index (χ0n) is 19.7. The molecular formula is C27H31N3O4. The Bertz CT molecular complexity index is 1170. The molecule has 7 nitrogen and oxygen atoms in total. The van der Waals surface area contributed by atoms with Crippen LogP contribution in [0.25, 0.3) is 0 Å². The molecule has 7 heteroatoms. The van der Waals surface area contributed by atoms with Crippen LogP contribution < -0.4 is 25.8 Å². The van der Waals surface area contributed by atoms with Crippen LogP contribution in [0.1, 0.15) is 34.7 Å². The van der Waals surface area contributed by atoms with Crippen molar-refractivity contribution in [2.24, 2.45) is 5.73 Å². The van der Waals surface area contributed by atoms with Crippen LogP contribution in [-0.4, -0.2) is 30.7 Å². The summed E-state index contributed by atoms with van der Waals surface area (Å²) in [5.41, 5.74) is 11.0. The third-order valence-electron chi connectivity index (χ3n) is 6.20. The molecule has 1 amide bonds. The lowest BCUT2D eigenvalue weighted by atomic mass is 9.94. The SMILES string of the molecule is COc1ccccc1Oc1ccc2c(c1)C(NC(=O)C(N)Cc1c(C)cc(O)cc1C)CCN2. The molecule has 0 saturated carbocycles. The molecule has 1 aliphatic rings. The standard InChI is InChI=1S/C27H31N3O4/c1-16-12-18(31)13-17(2)20(16)15-22(28)27(32)30-24-10-11-29-23-9-8-19(14-21(23)24)34-26-7-5-4-6-25(26)33-3/h4-9,12-14,22,24,29,31H,10-11,15,28H2,1-3H3,(H,30,32). The number of benzene rings is 3. The molecule has 0 bridgehead atoms. The van der Waals surface area contributed by atoms with Crippen molar-refractivity contribution >= 4 is 11.6 Å². The van der Waals surface area contributed by atoms with Gasteiger partial charge in [-0.05, 0) is 85.8 Å². The molecule has 1 aliphatic heterocycles. The van der Waals surface area contributed by atoms with Crippen molar-refractivity contribution in [1.29, 1.82) is 0 Å². The van der Waals surface area contributed by atoms with Crippen molar-refractivity contribution in [1.82, 2.24) is 5.32 Å². The molecule has 5 N–H and O–H groups in total. The van der Waals surface area contributed by atoms with Crippen LogP contribution in [0.4, 0.5) is 5.69 Å². The summed E-state index contributed by atoms with van der Waals surface area (Å²) < 4.78 is 11.5. The molecule has 34 heavy (non-hydrogen) atoms. The van der Waals surface area contributed by atoms with Gasteiger partial charge in [-0.1, -0.05) is 12.1 Å². The van der Waals surface area contributed by atoms with Gasteiger partial charge in [-0.15, -0.1) is 0 Å². The number of phenols is 1. The predicted octanol–water partition coefficient (Wildman–Crippen LogP) is 4.35. The van der Waals surface area contributed by atoms with Crippen LogP contribution in [0.15, 0.2) is 54.6 Å². The fraction of sp³-hybridized carbons (Fsp3) is 0.296. The van der Waals surface area contributed by atoms with Crippen LogP contribution >= 0.6 is 0 Å². The van der Waals surface area contributed by atoms with Crippen LogP contribution in [0.5, 0.6) is 23.0 Å². The summed E-state index contributed by atoms with van der Waals surface area (Å²) >= 11 is 0. The number of ether oxygens (including phenoxy) is 2. The van der Waals surface area contributed by atoms with Crippen LogP contribution in [0, 0.1) is 13.8 Å². The maximum absolute atomic E-state index is 13.0. The number of nitrogens with two attached hydrogens (primary N) is 1. The number of carbonyl (C=O) groups excluding carboxylic acids is 1. The highest BCUT2D eigenvalue weighted by Crippen LogP contribution is 2.36. The van der Waals surface area contributed by atoms with Crippen molar-refractivity contribution in [3.05, 3.63) is 76.9 Å². The van der Waals surface area contributed by atoms with Gasteiger partial charge < -0.3 is 30.9 Å². The van der Waals surface area contributed by atoms with Gasteiger partial charge in [-0.25, -0.2) is 0 Å². The second-order valence-electron chi connectivity index (χ2n) is 8.65. The summed E-state index contributed by atoms with van der Waals surface area (Å²) in [5.74, 6) is 1.94. The van der Waals surface area contributed by atoms with Crippen molar-refractivity contribution in [2.45, 2.75) is 38.8 Å². The first kappa shape index (κ1) is 23.4. The third kappa shape index (κ3) is 5.10. The average molecular weight is 462 g/mol. The average Bonchev–Trinajstić information content (AvgIpc) is 2.82. The number of amides is 1. The van der Waals surface area contributed by atoms with Gasteiger partial charge in [-0.2, -0.15) is 0 Å². The Morgan fingerprint density at radius 3 is 2.56 bits per heavy atom. The van der Waals surface area contributed by atoms with Gasteiger partial charge in [0.05, 0.1) is 19.2 Å². The Morgan fingerprint density at radius 2 is 1.85 bits per heavy atom. The maximum Gasteiger partial charge on any atom is 0.237 e. The van der Waals surface area contributed by atoms with Gasteiger partial charge in [0.2, 0.25) is 5.91 Å². The topological polar surface area (TPSA) is 106 Å². The Balaban J connectivity index is 1.50. The molecule has 2 atom stereocenters. The van der Waals surface area contributed by atoms with Crippen molar-refractivity contribution < 1.29 is 19.4 Å². The number of phenolic OH excluding ortho intramolecular Hbond substituents is 1. The summed E-state index contributed by atoms with van der Waals surface area (Å²) in [4.78, 5) is 13.0. The molecule has 4 rings (SSSR count). The molecule has 0 spiro atoms. The highest BCUT2D eigenvalue weighted by atomic mass is 16.5. The second-order valence-corrected chi connectivity index (χ2v) is 8.65. The first-order chi connectivity index (χ1) is 16.4. The van der Waals surface area contributed by atoms with E-state index in [1.165, 1.54) is 0 Å². The lowest BCUT2D eigenvalue weighted by Crippen LogP contribution is -2.44. The molecule has 0 fully saturated rings. The van der Waals surface area contributed by atoms with E-state index in [4.69, 9.17) is 15.2 Å². The molecule has 3 aromatic carbocycles. The highest BCUT2D eigenvalue weighted by Gasteiger charge is 2.25. The maximum atomic E-state index is 13.0. The van der Waals surface area contributed by atoms with Gasteiger partial charge in [0.15, 0.2) is 11.5 Å². The van der Waals surface area contributed by atoms with Crippen LogP contribution in [0.2, 0.25) is 0 Å². The molecule has 0 aliphatic carbocycles. The normalized spacial score (nSPS) is 15.6. The number of hydrogen-bond acceptors (Lipinski definition) is 6. The van der Waals surface area contributed by atoms with E-state index in [1.54, 1.807) is 19.2 Å². The van der Waals surface area contributed by atoms with E-state index in [9.17, 15) is 9.90 Å². The molecular weight excluding hydrogens is 430 g/mol. The Kier molecular flexibility index (Phi) is 6.93. The van der Waals surface area contributed by atoms with Gasteiger partial charge in [0.1, 0.15) is 11.5 Å². The summed E-state index contributed by atoms with van der Waals surface area (Å²) in [6, 6.07) is 15.8. The van der Waals surface area contributed by atoms with Crippen LogP contribution in [0.3, 0.4) is 0 Å². The number of nitrogens with one attached hydrogen (secondary N) is 2. The largest absolute Gasteiger partial charge is 0.508 e. The number of fused-ring (bicyclic) bond motifs is 1. The van der Waals surface area contributed by atoms with E-state index < -0.39 is 6.04 Å². The number of aryl methyl sites for hydroxylation is 2. The lowest BCUT2D eigenvalue weighted by Gasteiger charge is -2.29. The molecule has 3 aromatic rings. The number of aromatic hydroxyl groups is 1. The van der Waals surface area contributed by atoms with E-state index in [0.717, 1.165) is 40.9 Å². The number of rotatable bonds is 7. The molecule has 1 heterocycles. The van der Waals surface area contributed by atoms with E-state index in [2.05, 4.69) is 10.6 Å². The van der Waals surface area contributed by atoms with Gasteiger partial charge in [-0.3, -0.25) is 4.79 Å². The van der Waals surface area contributed by atoms with Gasteiger partial charge in [0, 0.05) is 17.8 Å². The van der Waals surface area contributed by atoms with E-state index in [1.807, 2.05) is 56.3 Å². The molecule has 0 saturated heterocycles. The minimum atomic E-state index is -0.701. The minimum Gasteiger partial charge on any atom is -0.508 e. The quantitative estimate of drug-likeness (QED) is 0.417. The summed E-state index contributed by atoms with van der Waals surface area (Å²) in [6.45, 7) is 4.58. The smallest absolute Gasteiger partial charge is 0.237 e. The molecule has 2 unspecified atom stereocenters. The van der Waals surface area contributed by atoms with Crippen molar-refractivity contribution in [3.8, 4) is 23.0 Å². The number of para-hydroxylation sites is 2. The highest BCUT2D eigenvalue weighted by molar-refractivity contribution is 5.83. The number of anilines is 1. The van der Waals surface area contributed by atoms with Crippen molar-refractivity contribution in [3.63, 3.8) is 0 Å². The fourth-order valence-electron chi connectivity index (χ4n) is 4.42. The monoisotopic (exact) mass is 461 g/mol. The zero-order chi connectivity index (χ0) is 24.2. The fourth-order valence-corrected chi connectivity index (χ4v) is 4.42. The predicted molar refractivity (Wildman–Crippen MR) is 133 cm³/mol. The Morgan fingerprint density at radius 1 is 1.15 bits per heavy atom. The Labute approximate surface area is 199 Å². The summed E-state index contributed by atoms with van der Waals surface area (Å²) in [6.07, 6.45) is 1.14. The summed E-state index contributed by atoms with van der Waals surface area (Å²) in [5, 5.41) is 16.3. The first-order valence-electron chi connectivity index (χ1n) is 11.4. The Hall–Kier alpha value is -3.71. The molecule has 0 radical (unpaired) electrons.